The number of hydrogen-bond donors (Lipinski definition) is 0. The number of para-hydroxylation sites is 5. The number of fused-ring (bicyclic) bond motifs is 9. The SMILES string of the molecule is c1ccc(N(c2ccc(-c3cccc4c3oc3ccccc34)cc2)c2cc(-c3cc4ccccc4c4ccccc34)cc(N(c3ccccc3)c3ccc4oc5ccccc5c4c3)c2)cc1. The van der Waals surface area contributed by atoms with E-state index in [0.29, 0.717) is 0 Å². The molecule has 0 saturated carbocycles. The van der Waals surface area contributed by atoms with E-state index >= 15 is 0 Å². The van der Waals surface area contributed by atoms with Crippen LogP contribution < -0.4 is 9.80 Å². The summed E-state index contributed by atoms with van der Waals surface area (Å²) in [6.45, 7) is 0. The maximum atomic E-state index is 6.50. The normalized spacial score (nSPS) is 11.6. The molecule has 310 valence electrons. The summed E-state index contributed by atoms with van der Waals surface area (Å²) in [5, 5.41) is 9.27. The minimum Gasteiger partial charge on any atom is -0.456 e. The molecule has 0 spiro atoms. The molecular weight excluding hydrogens is 805 g/mol. The van der Waals surface area contributed by atoms with E-state index in [1.165, 1.54) is 27.1 Å². The third-order valence-corrected chi connectivity index (χ3v) is 13.0. The van der Waals surface area contributed by atoms with Gasteiger partial charge in [0, 0.05) is 61.2 Å². The lowest BCUT2D eigenvalue weighted by Crippen LogP contribution is -2.13. The molecule has 0 aliphatic heterocycles. The Labute approximate surface area is 381 Å². The Kier molecular flexibility index (Phi) is 8.81. The molecule has 13 rings (SSSR count). The van der Waals surface area contributed by atoms with Crippen molar-refractivity contribution < 1.29 is 8.83 Å². The predicted octanol–water partition coefficient (Wildman–Crippen LogP) is 18.1. The summed E-state index contributed by atoms with van der Waals surface area (Å²) in [6, 6.07) is 86.7. The van der Waals surface area contributed by atoms with Gasteiger partial charge in [0.15, 0.2) is 0 Å². The summed E-state index contributed by atoms with van der Waals surface area (Å²) in [6.07, 6.45) is 0. The van der Waals surface area contributed by atoms with Gasteiger partial charge in [-0.15, -0.1) is 0 Å². The molecule has 2 heterocycles. The van der Waals surface area contributed by atoms with Gasteiger partial charge in [0.2, 0.25) is 0 Å². The zero-order valence-corrected chi connectivity index (χ0v) is 35.8. The number of benzene rings is 11. The summed E-state index contributed by atoms with van der Waals surface area (Å²) in [5.41, 5.74) is 14.2. The van der Waals surface area contributed by atoms with Gasteiger partial charge in [-0.2, -0.15) is 0 Å². The lowest BCUT2D eigenvalue weighted by molar-refractivity contribution is 0.669. The first-order chi connectivity index (χ1) is 32.7. The van der Waals surface area contributed by atoms with Crippen molar-refractivity contribution in [1.29, 1.82) is 0 Å². The summed E-state index contributed by atoms with van der Waals surface area (Å²) < 4.78 is 12.8. The highest BCUT2D eigenvalue weighted by molar-refractivity contribution is 6.14. The second-order valence-electron chi connectivity index (χ2n) is 16.9. The topological polar surface area (TPSA) is 32.8 Å². The first kappa shape index (κ1) is 37.7. The molecule has 0 radical (unpaired) electrons. The summed E-state index contributed by atoms with van der Waals surface area (Å²) in [4.78, 5) is 4.75. The van der Waals surface area contributed by atoms with Gasteiger partial charge in [0.05, 0.1) is 0 Å². The van der Waals surface area contributed by atoms with E-state index in [1.807, 2.05) is 24.3 Å². The number of anilines is 6. The fraction of sp³-hybridized carbons (Fsp3) is 0. The van der Waals surface area contributed by atoms with Crippen molar-refractivity contribution in [2.75, 3.05) is 9.80 Å². The fourth-order valence-corrected chi connectivity index (χ4v) is 9.97. The van der Waals surface area contributed by atoms with Gasteiger partial charge in [0.25, 0.3) is 0 Å². The molecule has 13 aromatic rings. The molecule has 2 aromatic heterocycles. The van der Waals surface area contributed by atoms with Gasteiger partial charge in [-0.05, 0) is 129 Å². The Hall–Kier alpha value is -8.86. The standard InChI is InChI=1S/C62H40N2O2/c1-3-17-44(18-4-1)63(46-32-30-41(31-33-46)51-26-15-27-56-54-24-11-14-29-60(54)66-62(51)56)48-36-43(57-38-42-16-7-8-21-50(42)52-22-9-10-23-53(52)57)37-49(39-48)64(45-19-5-2-6-20-45)47-34-35-61-58(40-47)55-25-12-13-28-59(55)65-61/h1-40H. The maximum absolute atomic E-state index is 6.50. The van der Waals surface area contributed by atoms with Crippen LogP contribution in [-0.2, 0) is 0 Å². The lowest BCUT2D eigenvalue weighted by Gasteiger charge is -2.30. The number of nitrogens with zero attached hydrogens (tertiary/aromatic N) is 2. The van der Waals surface area contributed by atoms with Crippen molar-refractivity contribution in [2.24, 2.45) is 0 Å². The van der Waals surface area contributed by atoms with Gasteiger partial charge in [-0.1, -0.05) is 152 Å². The third kappa shape index (κ3) is 6.30. The Morgan fingerprint density at radius 1 is 0.242 bits per heavy atom. The van der Waals surface area contributed by atoms with E-state index < -0.39 is 0 Å². The van der Waals surface area contributed by atoms with Crippen molar-refractivity contribution in [3.8, 4) is 22.3 Å². The minimum atomic E-state index is 0.861. The fourth-order valence-electron chi connectivity index (χ4n) is 9.97. The predicted molar refractivity (Wildman–Crippen MR) is 276 cm³/mol. The zero-order chi connectivity index (χ0) is 43.6. The van der Waals surface area contributed by atoms with Crippen molar-refractivity contribution in [1.82, 2.24) is 0 Å². The molecular formula is C62H40N2O2. The number of furan rings is 2. The van der Waals surface area contributed by atoms with Crippen LogP contribution in [0, 0.1) is 0 Å². The number of hydrogen-bond acceptors (Lipinski definition) is 4. The van der Waals surface area contributed by atoms with Crippen LogP contribution in [0.2, 0.25) is 0 Å². The third-order valence-electron chi connectivity index (χ3n) is 13.0. The van der Waals surface area contributed by atoms with Crippen LogP contribution >= 0.6 is 0 Å². The van der Waals surface area contributed by atoms with Crippen LogP contribution in [0.5, 0.6) is 0 Å². The van der Waals surface area contributed by atoms with Gasteiger partial charge in [-0.3, -0.25) is 0 Å². The maximum Gasteiger partial charge on any atom is 0.143 e. The van der Waals surface area contributed by atoms with Crippen LogP contribution in [0.3, 0.4) is 0 Å². The van der Waals surface area contributed by atoms with E-state index in [0.717, 1.165) is 94.7 Å². The van der Waals surface area contributed by atoms with Crippen molar-refractivity contribution in [2.45, 2.75) is 0 Å². The van der Waals surface area contributed by atoms with Gasteiger partial charge < -0.3 is 18.6 Å². The quantitative estimate of drug-likeness (QED) is 0.143. The molecule has 0 aliphatic carbocycles. The Morgan fingerprint density at radius 3 is 1.47 bits per heavy atom. The molecule has 0 saturated heterocycles. The van der Waals surface area contributed by atoms with Crippen molar-refractivity contribution >= 4 is 99.5 Å². The molecule has 0 N–H and O–H groups in total. The minimum absolute atomic E-state index is 0.861. The Balaban J connectivity index is 1.05. The van der Waals surface area contributed by atoms with Crippen LogP contribution in [0.4, 0.5) is 34.1 Å². The highest BCUT2D eigenvalue weighted by Gasteiger charge is 2.22. The van der Waals surface area contributed by atoms with Crippen LogP contribution in [0.1, 0.15) is 0 Å². The summed E-state index contributed by atoms with van der Waals surface area (Å²) >= 11 is 0. The van der Waals surface area contributed by atoms with E-state index in [1.54, 1.807) is 0 Å². The molecule has 0 atom stereocenters. The molecule has 0 unspecified atom stereocenters. The van der Waals surface area contributed by atoms with Crippen LogP contribution in [0.25, 0.3) is 87.7 Å². The van der Waals surface area contributed by atoms with Crippen molar-refractivity contribution in [3.63, 3.8) is 0 Å². The molecule has 0 aliphatic rings. The van der Waals surface area contributed by atoms with Crippen LogP contribution in [-0.4, -0.2) is 0 Å². The van der Waals surface area contributed by atoms with Gasteiger partial charge >= 0.3 is 0 Å². The molecule has 4 heteroatoms. The molecule has 0 fully saturated rings. The highest BCUT2D eigenvalue weighted by Crippen LogP contribution is 2.46. The van der Waals surface area contributed by atoms with E-state index in [9.17, 15) is 0 Å². The molecule has 0 bridgehead atoms. The monoisotopic (exact) mass is 844 g/mol. The highest BCUT2D eigenvalue weighted by atomic mass is 16.3. The molecule has 66 heavy (non-hydrogen) atoms. The largest absolute Gasteiger partial charge is 0.456 e. The zero-order valence-electron chi connectivity index (χ0n) is 35.8. The molecule has 11 aromatic carbocycles. The average Bonchev–Trinajstić information content (AvgIpc) is 3.96. The van der Waals surface area contributed by atoms with Crippen LogP contribution in [0.15, 0.2) is 251 Å². The van der Waals surface area contributed by atoms with E-state index in [2.05, 4.69) is 228 Å². The summed E-state index contributed by atoms with van der Waals surface area (Å²) in [7, 11) is 0. The Bertz CT molecular complexity index is 3940. The van der Waals surface area contributed by atoms with Gasteiger partial charge in [-0.25, -0.2) is 0 Å². The second kappa shape index (κ2) is 15.4. The van der Waals surface area contributed by atoms with E-state index in [4.69, 9.17) is 8.83 Å². The second-order valence-corrected chi connectivity index (χ2v) is 16.9. The van der Waals surface area contributed by atoms with Gasteiger partial charge in [0.1, 0.15) is 22.3 Å². The summed E-state index contributed by atoms with van der Waals surface area (Å²) in [5.74, 6) is 0. The molecule has 4 nitrogen and oxygen atoms in total. The Morgan fingerprint density at radius 2 is 0.758 bits per heavy atom. The average molecular weight is 845 g/mol. The first-order valence-electron chi connectivity index (χ1n) is 22.4. The lowest BCUT2D eigenvalue weighted by atomic mass is 9.92. The number of rotatable bonds is 8. The smallest absolute Gasteiger partial charge is 0.143 e. The first-order valence-corrected chi connectivity index (χ1v) is 22.4. The molecule has 0 amide bonds. The van der Waals surface area contributed by atoms with E-state index in [-0.39, 0.29) is 0 Å². The van der Waals surface area contributed by atoms with Crippen molar-refractivity contribution in [3.05, 3.63) is 243 Å².